The second kappa shape index (κ2) is 10.1. The molecule has 6 heteroatoms. The summed E-state index contributed by atoms with van der Waals surface area (Å²) in [5, 5.41) is 6.64. The predicted molar refractivity (Wildman–Crippen MR) is 101 cm³/mol. The highest BCUT2D eigenvalue weighted by Gasteiger charge is 2.18. The van der Waals surface area contributed by atoms with E-state index in [2.05, 4.69) is 22.5 Å². The van der Waals surface area contributed by atoms with Crippen molar-refractivity contribution < 1.29 is 14.2 Å². The molecule has 140 valence electrons. The normalized spacial score (nSPS) is 16.6. The third-order valence-electron chi connectivity index (χ3n) is 4.34. The smallest absolute Gasteiger partial charge is 0.191 e. The van der Waals surface area contributed by atoms with Crippen LogP contribution in [0.25, 0.3) is 0 Å². The molecule has 25 heavy (non-hydrogen) atoms. The maximum Gasteiger partial charge on any atom is 0.191 e. The zero-order chi connectivity index (χ0) is 18.1. The van der Waals surface area contributed by atoms with Crippen LogP contribution in [0, 0.1) is 0 Å². The van der Waals surface area contributed by atoms with Crippen molar-refractivity contribution in [3.8, 4) is 11.5 Å². The molecule has 1 aliphatic carbocycles. The van der Waals surface area contributed by atoms with Gasteiger partial charge < -0.3 is 24.8 Å². The summed E-state index contributed by atoms with van der Waals surface area (Å²) < 4.78 is 16.7. The van der Waals surface area contributed by atoms with Crippen LogP contribution in [0.2, 0.25) is 0 Å². The third-order valence-corrected chi connectivity index (χ3v) is 4.34. The van der Waals surface area contributed by atoms with Crippen LogP contribution < -0.4 is 20.1 Å². The summed E-state index contributed by atoms with van der Waals surface area (Å²) >= 11 is 0. The van der Waals surface area contributed by atoms with Crippen LogP contribution in [-0.4, -0.2) is 46.0 Å². The molecular weight excluding hydrogens is 318 g/mol. The number of aliphatic imine (C=N–C) groups is 1. The second-order valence-electron chi connectivity index (χ2n) is 6.42. The number of methoxy groups -OCH3 is 2. The molecule has 0 heterocycles. The summed E-state index contributed by atoms with van der Waals surface area (Å²) in [5.41, 5.74) is 1.09. The Morgan fingerprint density at radius 2 is 2.04 bits per heavy atom. The van der Waals surface area contributed by atoms with Crippen LogP contribution in [0.4, 0.5) is 0 Å². The number of guanidine groups is 1. The van der Waals surface area contributed by atoms with E-state index in [0.717, 1.165) is 35.9 Å². The molecule has 0 radical (unpaired) electrons. The molecule has 2 rings (SSSR count). The number of hydrogen-bond donors (Lipinski definition) is 2. The van der Waals surface area contributed by atoms with E-state index in [0.29, 0.717) is 19.3 Å². The number of nitrogens with one attached hydrogen (secondary N) is 2. The lowest BCUT2D eigenvalue weighted by Gasteiger charge is -2.20. The first-order valence-corrected chi connectivity index (χ1v) is 8.96. The monoisotopic (exact) mass is 349 g/mol. The van der Waals surface area contributed by atoms with E-state index in [-0.39, 0.29) is 6.04 Å². The predicted octanol–water partition coefficient (Wildman–Crippen LogP) is 2.72. The Morgan fingerprint density at radius 1 is 1.28 bits per heavy atom. The molecule has 1 unspecified atom stereocenters. The largest absolute Gasteiger partial charge is 0.497 e. The van der Waals surface area contributed by atoms with E-state index in [1.54, 1.807) is 21.3 Å². The minimum Gasteiger partial charge on any atom is -0.497 e. The quantitative estimate of drug-likeness (QED) is 0.558. The number of nitrogens with zero attached hydrogens (tertiary/aromatic N) is 1. The molecule has 0 aliphatic heterocycles. The summed E-state index contributed by atoms with van der Waals surface area (Å²) in [7, 11) is 5.13. The van der Waals surface area contributed by atoms with Crippen molar-refractivity contribution in [1.82, 2.24) is 10.6 Å². The first kappa shape index (κ1) is 19.4. The Labute approximate surface area is 151 Å². The van der Waals surface area contributed by atoms with Gasteiger partial charge in [0.05, 0.1) is 19.8 Å². The van der Waals surface area contributed by atoms with Crippen LogP contribution in [0.15, 0.2) is 23.2 Å². The van der Waals surface area contributed by atoms with Crippen molar-refractivity contribution in [2.24, 2.45) is 4.99 Å². The highest BCUT2D eigenvalue weighted by Crippen LogP contribution is 2.29. The van der Waals surface area contributed by atoms with Gasteiger partial charge in [0.25, 0.3) is 0 Å². The first-order valence-electron chi connectivity index (χ1n) is 8.96. The summed E-state index contributed by atoms with van der Waals surface area (Å²) in [6, 6.07) is 6.16. The highest BCUT2D eigenvalue weighted by atomic mass is 16.5. The Kier molecular flexibility index (Phi) is 7.85. The van der Waals surface area contributed by atoms with E-state index >= 15 is 0 Å². The molecule has 1 atom stereocenters. The van der Waals surface area contributed by atoms with Gasteiger partial charge in [-0.2, -0.15) is 0 Å². The van der Waals surface area contributed by atoms with Crippen molar-refractivity contribution in [1.29, 1.82) is 0 Å². The van der Waals surface area contributed by atoms with Gasteiger partial charge in [0.2, 0.25) is 0 Å². The molecule has 1 aromatic carbocycles. The number of benzene rings is 1. The van der Waals surface area contributed by atoms with E-state index in [9.17, 15) is 0 Å². The average Bonchev–Trinajstić information content (AvgIpc) is 3.12. The summed E-state index contributed by atoms with van der Waals surface area (Å²) in [6.45, 7) is 3.31. The molecule has 0 aromatic heterocycles. The fraction of sp³-hybridized carbons (Fsp3) is 0.632. The van der Waals surface area contributed by atoms with Crippen molar-refractivity contribution >= 4 is 5.96 Å². The number of hydrogen-bond acceptors (Lipinski definition) is 4. The van der Waals surface area contributed by atoms with Crippen LogP contribution in [0.1, 0.15) is 38.2 Å². The molecule has 0 amide bonds. The van der Waals surface area contributed by atoms with Gasteiger partial charge in [-0.1, -0.05) is 0 Å². The Morgan fingerprint density at radius 3 is 2.68 bits per heavy atom. The van der Waals surface area contributed by atoms with Crippen molar-refractivity contribution in [2.45, 2.75) is 51.3 Å². The minimum absolute atomic E-state index is 0.182. The fourth-order valence-corrected chi connectivity index (χ4v) is 3.00. The standard InChI is InChI=1S/C19H31N3O3/c1-14(13-23-3)22-19(20-2)21-12-15-9-10-17(24-4)11-18(15)25-16-7-5-6-8-16/h9-11,14,16H,5-8,12-13H2,1-4H3,(H2,20,21,22). The maximum absolute atomic E-state index is 6.23. The molecule has 1 saturated carbocycles. The highest BCUT2D eigenvalue weighted by molar-refractivity contribution is 5.80. The lowest BCUT2D eigenvalue weighted by atomic mass is 10.2. The summed E-state index contributed by atoms with van der Waals surface area (Å²) in [5.74, 6) is 2.44. The average molecular weight is 349 g/mol. The Hall–Kier alpha value is -1.95. The Bertz CT molecular complexity index is 557. The second-order valence-corrected chi connectivity index (χ2v) is 6.42. The van der Waals surface area contributed by atoms with E-state index in [4.69, 9.17) is 14.2 Å². The van der Waals surface area contributed by atoms with Crippen molar-refractivity contribution in [3.05, 3.63) is 23.8 Å². The molecule has 0 spiro atoms. The van der Waals surface area contributed by atoms with E-state index in [1.165, 1.54) is 12.8 Å². The van der Waals surface area contributed by atoms with Crippen LogP contribution >= 0.6 is 0 Å². The zero-order valence-electron chi connectivity index (χ0n) is 15.8. The number of ether oxygens (including phenoxy) is 3. The van der Waals surface area contributed by atoms with Crippen molar-refractivity contribution in [2.75, 3.05) is 27.9 Å². The molecular formula is C19H31N3O3. The van der Waals surface area contributed by atoms with E-state index in [1.807, 2.05) is 18.2 Å². The minimum atomic E-state index is 0.182. The third kappa shape index (κ3) is 6.12. The van der Waals surface area contributed by atoms with Gasteiger partial charge in [0.15, 0.2) is 5.96 Å². The summed E-state index contributed by atoms with van der Waals surface area (Å²) in [4.78, 5) is 4.27. The van der Waals surface area contributed by atoms with Gasteiger partial charge in [0.1, 0.15) is 11.5 Å². The van der Waals surface area contributed by atoms with Gasteiger partial charge in [-0.25, -0.2) is 0 Å². The molecule has 0 bridgehead atoms. The first-order chi connectivity index (χ1) is 12.2. The lowest BCUT2D eigenvalue weighted by molar-refractivity contribution is 0.179. The Balaban J connectivity index is 2.01. The summed E-state index contributed by atoms with van der Waals surface area (Å²) in [6.07, 6.45) is 5.06. The van der Waals surface area contributed by atoms with Crippen LogP contribution in [-0.2, 0) is 11.3 Å². The topological polar surface area (TPSA) is 64.1 Å². The lowest BCUT2D eigenvalue weighted by Crippen LogP contribution is -2.43. The molecule has 1 aromatic rings. The SMILES string of the molecule is CN=C(NCc1ccc(OC)cc1OC1CCCC1)NC(C)COC. The zero-order valence-corrected chi connectivity index (χ0v) is 15.8. The van der Waals surface area contributed by atoms with Gasteiger partial charge in [-0.05, 0) is 44.7 Å². The van der Waals surface area contributed by atoms with Gasteiger partial charge >= 0.3 is 0 Å². The van der Waals surface area contributed by atoms with Crippen LogP contribution in [0.3, 0.4) is 0 Å². The van der Waals surface area contributed by atoms with Crippen LogP contribution in [0.5, 0.6) is 11.5 Å². The molecule has 6 nitrogen and oxygen atoms in total. The molecule has 1 aliphatic rings. The molecule has 2 N–H and O–H groups in total. The van der Waals surface area contributed by atoms with Gasteiger partial charge in [0, 0.05) is 38.4 Å². The van der Waals surface area contributed by atoms with Gasteiger partial charge in [-0.15, -0.1) is 0 Å². The number of rotatable bonds is 8. The van der Waals surface area contributed by atoms with Gasteiger partial charge in [-0.3, -0.25) is 4.99 Å². The van der Waals surface area contributed by atoms with E-state index < -0.39 is 0 Å². The fourth-order valence-electron chi connectivity index (χ4n) is 3.00. The molecule has 1 fully saturated rings. The maximum atomic E-state index is 6.23. The molecule has 0 saturated heterocycles. The van der Waals surface area contributed by atoms with Crippen molar-refractivity contribution in [3.63, 3.8) is 0 Å².